The number of fused-ring (bicyclic) bond motifs is 14. The van der Waals surface area contributed by atoms with E-state index in [1.165, 1.54) is 131 Å². The van der Waals surface area contributed by atoms with Crippen LogP contribution >= 0.6 is 0 Å². The summed E-state index contributed by atoms with van der Waals surface area (Å²) < 4.78 is 14.5. The Balaban J connectivity index is 0.700. The minimum absolute atomic E-state index is 0.846. The Labute approximate surface area is 611 Å². The summed E-state index contributed by atoms with van der Waals surface area (Å²) in [7, 11) is 0. The van der Waals surface area contributed by atoms with Gasteiger partial charge in [0.15, 0.2) is 0 Å². The van der Waals surface area contributed by atoms with Crippen LogP contribution < -0.4 is 0 Å². The van der Waals surface area contributed by atoms with Crippen LogP contribution in [0.15, 0.2) is 385 Å². The molecule has 0 aliphatic heterocycles. The fourth-order valence-electron chi connectivity index (χ4n) is 17.9. The Bertz CT molecular complexity index is 7310. The summed E-state index contributed by atoms with van der Waals surface area (Å²) in [6.45, 7) is 0. The van der Waals surface area contributed by atoms with Gasteiger partial charge in [-0.25, -0.2) is 0 Å². The maximum Gasteiger partial charge on any atom is 0.144 e. The Morgan fingerprint density at radius 3 is 1.07 bits per heavy atom. The lowest BCUT2D eigenvalue weighted by atomic mass is 9.81. The molecule has 2 nitrogen and oxygen atoms in total. The van der Waals surface area contributed by atoms with Crippen molar-refractivity contribution in [2.24, 2.45) is 0 Å². The van der Waals surface area contributed by atoms with Gasteiger partial charge < -0.3 is 8.83 Å². The first-order valence-electron chi connectivity index (χ1n) is 36.6. The first kappa shape index (κ1) is 59.7. The largest absolute Gasteiger partial charge is 0.456 e. The van der Waals surface area contributed by atoms with Gasteiger partial charge in [0, 0.05) is 38.2 Å². The van der Waals surface area contributed by atoms with Crippen molar-refractivity contribution < 1.29 is 8.83 Å². The van der Waals surface area contributed by atoms with Crippen molar-refractivity contribution in [1.29, 1.82) is 0 Å². The van der Waals surface area contributed by atoms with Crippen molar-refractivity contribution in [1.82, 2.24) is 0 Å². The molecule has 0 saturated heterocycles. The third-order valence-corrected chi connectivity index (χ3v) is 22.6. The van der Waals surface area contributed by atoms with E-state index < -0.39 is 0 Å². The fraction of sp³-hybridized carbons (Fsp3) is 0. The van der Waals surface area contributed by atoms with E-state index in [4.69, 9.17) is 8.83 Å². The second-order valence-corrected chi connectivity index (χ2v) is 28.4. The minimum atomic E-state index is 0.846. The van der Waals surface area contributed by atoms with Crippen molar-refractivity contribution in [2.45, 2.75) is 0 Å². The van der Waals surface area contributed by atoms with Crippen LogP contribution in [-0.4, -0.2) is 0 Å². The van der Waals surface area contributed by atoms with Crippen LogP contribution in [0, 0.1) is 0 Å². The van der Waals surface area contributed by atoms with Gasteiger partial charge >= 0.3 is 0 Å². The van der Waals surface area contributed by atoms with E-state index in [1.54, 1.807) is 0 Å². The molecule has 2 heteroatoms. The molecule has 0 aliphatic rings. The molecular formula is C104H62O2. The molecule has 0 atom stereocenters. The van der Waals surface area contributed by atoms with Crippen LogP contribution in [0.1, 0.15) is 0 Å². The second kappa shape index (κ2) is 23.8. The predicted octanol–water partition coefficient (Wildman–Crippen LogP) is 29.7. The van der Waals surface area contributed by atoms with Gasteiger partial charge in [0.25, 0.3) is 0 Å². The van der Waals surface area contributed by atoms with Crippen molar-refractivity contribution in [3.8, 4) is 100 Å². The van der Waals surface area contributed by atoms with Gasteiger partial charge in [-0.2, -0.15) is 0 Å². The Morgan fingerprint density at radius 2 is 0.500 bits per heavy atom. The lowest BCUT2D eigenvalue weighted by Crippen LogP contribution is -1.94. The lowest BCUT2D eigenvalue weighted by molar-refractivity contribution is 0.669. The second-order valence-electron chi connectivity index (χ2n) is 28.4. The summed E-state index contributed by atoms with van der Waals surface area (Å²) in [6.07, 6.45) is 0. The number of furan rings is 2. The smallest absolute Gasteiger partial charge is 0.144 e. The van der Waals surface area contributed by atoms with E-state index in [0.29, 0.717) is 0 Å². The molecule has 0 aliphatic carbocycles. The molecule has 0 fully saturated rings. The zero-order chi connectivity index (χ0) is 69.5. The zero-order valence-electron chi connectivity index (χ0n) is 57.6. The zero-order valence-corrected chi connectivity index (χ0v) is 57.6. The standard InChI is InChI=1S/C104H62O2/c1-4-24-63(25-5-1)71-52-54-89-92(60-71)105-94-62-73-30-10-11-34-78(73)101(100(89)94)98-84-40-17-12-35-79(84)95(80-36-13-18-41-85(80)98)75-51-49-69-56-68(47-48-70(69)58-75)67-32-22-33-74(57-67)97-83-39-16-21-44-88(83)102(103-90-55-53-72(61-93(90)106-104(97)103)64-26-6-2-7-27-64)99-86-42-19-14-37-81(86)96(82-38-15-20-43-87(82)99)76-50-46-66-31-23-45-77(91(66)59-76)65-28-8-3-9-29-65/h1-62H. The third-order valence-electron chi connectivity index (χ3n) is 22.6. The molecule has 0 radical (unpaired) electrons. The van der Waals surface area contributed by atoms with Gasteiger partial charge in [0.05, 0.1) is 0 Å². The molecule has 2 heterocycles. The van der Waals surface area contributed by atoms with E-state index in [1.807, 2.05) is 0 Å². The van der Waals surface area contributed by atoms with E-state index in [2.05, 4.69) is 376 Å². The molecule has 490 valence electrons. The summed E-state index contributed by atoms with van der Waals surface area (Å²) in [5, 5.41) is 23.4. The number of hydrogen-bond acceptors (Lipinski definition) is 2. The van der Waals surface area contributed by atoms with Crippen LogP contribution in [-0.2, 0) is 0 Å². The molecule has 2 aromatic heterocycles. The van der Waals surface area contributed by atoms with Crippen LogP contribution in [0.5, 0.6) is 0 Å². The maximum absolute atomic E-state index is 7.57. The molecule has 22 rings (SSSR count). The third kappa shape index (κ3) is 9.31. The monoisotopic (exact) mass is 1340 g/mol. The highest BCUT2D eigenvalue weighted by Crippen LogP contribution is 2.55. The van der Waals surface area contributed by atoms with Crippen molar-refractivity contribution in [3.63, 3.8) is 0 Å². The highest BCUT2D eigenvalue weighted by Gasteiger charge is 2.28. The molecule has 0 spiro atoms. The molecule has 106 heavy (non-hydrogen) atoms. The average Bonchev–Trinajstić information content (AvgIpc) is 1.36. The fourth-order valence-corrected chi connectivity index (χ4v) is 17.9. The summed E-state index contributed by atoms with van der Waals surface area (Å²) in [4.78, 5) is 0. The summed E-state index contributed by atoms with van der Waals surface area (Å²) in [6, 6.07) is 139. The van der Waals surface area contributed by atoms with E-state index in [0.717, 1.165) is 99.2 Å². The molecule has 0 unspecified atom stereocenters. The number of benzene rings is 20. The van der Waals surface area contributed by atoms with Gasteiger partial charge in [0.1, 0.15) is 22.3 Å². The predicted molar refractivity (Wildman–Crippen MR) is 450 cm³/mol. The van der Waals surface area contributed by atoms with E-state index in [-0.39, 0.29) is 0 Å². The lowest BCUT2D eigenvalue weighted by Gasteiger charge is -2.21. The normalized spacial score (nSPS) is 12.0. The summed E-state index contributed by atoms with van der Waals surface area (Å²) in [5.41, 5.74) is 24.4. The molecule has 22 aromatic rings. The van der Waals surface area contributed by atoms with E-state index >= 15 is 0 Å². The van der Waals surface area contributed by atoms with Crippen LogP contribution in [0.3, 0.4) is 0 Å². The summed E-state index contributed by atoms with van der Waals surface area (Å²) in [5.74, 6) is 0. The van der Waals surface area contributed by atoms with Gasteiger partial charge in [-0.1, -0.05) is 322 Å². The SMILES string of the molecule is c1ccc(-c2ccc3c(c2)oc2cc4ccccc4c(-c4c5ccccc5c(-c5ccc6cc(-c7cccc(-c8c9ccccc9c(-c9c%10ccccc%10c(-c%10ccc%11cccc(-c%12ccccc%12)c%11c%10)c%10ccccc9%10)c9c8oc8cc(-c%10ccccc%10)ccc89)c7)ccc6c5)c5ccccc45)c23)cc1. The molecule has 20 aromatic carbocycles. The van der Waals surface area contributed by atoms with Crippen molar-refractivity contribution in [3.05, 3.63) is 376 Å². The van der Waals surface area contributed by atoms with Crippen LogP contribution in [0.25, 0.3) is 230 Å². The highest BCUT2D eigenvalue weighted by atomic mass is 16.3. The molecule has 0 bridgehead atoms. The quantitative estimate of drug-likeness (QED) is 0.135. The number of hydrogen-bond donors (Lipinski definition) is 0. The van der Waals surface area contributed by atoms with Gasteiger partial charge in [-0.15, -0.1) is 0 Å². The molecule has 0 saturated carbocycles. The Kier molecular flexibility index (Phi) is 13.4. The van der Waals surface area contributed by atoms with E-state index in [9.17, 15) is 0 Å². The first-order valence-corrected chi connectivity index (χ1v) is 36.6. The molecule has 0 amide bonds. The summed E-state index contributed by atoms with van der Waals surface area (Å²) >= 11 is 0. The van der Waals surface area contributed by atoms with Gasteiger partial charge in [-0.05, 0) is 224 Å². The highest BCUT2D eigenvalue weighted by molar-refractivity contribution is 6.34. The van der Waals surface area contributed by atoms with Crippen LogP contribution in [0.4, 0.5) is 0 Å². The van der Waals surface area contributed by atoms with Crippen molar-refractivity contribution >= 4 is 130 Å². The van der Waals surface area contributed by atoms with Crippen molar-refractivity contribution in [2.75, 3.05) is 0 Å². The maximum atomic E-state index is 7.57. The first-order chi connectivity index (χ1) is 52.6. The Morgan fingerprint density at radius 1 is 0.142 bits per heavy atom. The average molecular weight is 1340 g/mol. The number of rotatable bonds is 9. The van der Waals surface area contributed by atoms with Gasteiger partial charge in [0.2, 0.25) is 0 Å². The van der Waals surface area contributed by atoms with Gasteiger partial charge in [-0.3, -0.25) is 0 Å². The molecule has 0 N–H and O–H groups in total. The topological polar surface area (TPSA) is 26.3 Å². The van der Waals surface area contributed by atoms with Crippen LogP contribution in [0.2, 0.25) is 0 Å². The molecular weight excluding hydrogens is 1280 g/mol. The minimum Gasteiger partial charge on any atom is -0.456 e. The Hall–Kier alpha value is -13.9.